The molecule has 3 aromatic rings. The van der Waals surface area contributed by atoms with Crippen LogP contribution in [0.5, 0.6) is 17.2 Å². The third kappa shape index (κ3) is 4.03. The molecule has 0 aliphatic heterocycles. The van der Waals surface area contributed by atoms with Gasteiger partial charge in [0.25, 0.3) is 0 Å². The summed E-state index contributed by atoms with van der Waals surface area (Å²) >= 11 is -4.71. The van der Waals surface area contributed by atoms with Gasteiger partial charge in [-0.2, -0.15) is 0 Å². The van der Waals surface area contributed by atoms with Crippen molar-refractivity contribution in [2.24, 2.45) is 0 Å². The number of methoxy groups -OCH3 is 3. The molecule has 0 unspecified atom stereocenters. The van der Waals surface area contributed by atoms with Gasteiger partial charge in [-0.25, -0.2) is 39.5 Å². The van der Waals surface area contributed by atoms with Crippen LogP contribution in [0.4, 0.5) is 39.5 Å². The summed E-state index contributed by atoms with van der Waals surface area (Å²) in [5.74, 6) is -19.5. The molecule has 3 nitrogen and oxygen atoms in total. The van der Waals surface area contributed by atoms with Crippen LogP contribution in [0.15, 0.2) is 18.2 Å². The number of benzene rings is 3. The van der Waals surface area contributed by atoms with Gasteiger partial charge in [-0.3, -0.25) is 0 Å². The van der Waals surface area contributed by atoms with E-state index in [-0.39, 0.29) is 18.2 Å². The second kappa shape index (κ2) is 9.68. The highest BCUT2D eigenvalue weighted by Gasteiger charge is 2.45. The predicted molar refractivity (Wildman–Crippen MR) is 103 cm³/mol. The van der Waals surface area contributed by atoms with Crippen molar-refractivity contribution in [3.8, 4) is 17.2 Å². The zero-order valence-corrected chi connectivity index (χ0v) is 18.6. The number of halogens is 9. The summed E-state index contributed by atoms with van der Waals surface area (Å²) in [4.78, 5) is 0. The van der Waals surface area contributed by atoms with E-state index in [1.807, 2.05) is 0 Å². The Bertz CT molecular complexity index is 1130. The summed E-state index contributed by atoms with van der Waals surface area (Å²) < 4.78 is 142. The summed E-state index contributed by atoms with van der Waals surface area (Å²) in [6, 6.07) is 0.133. The van der Waals surface area contributed by atoms with E-state index in [1.54, 1.807) is 0 Å². The Hall–Kier alpha value is -3.04. The van der Waals surface area contributed by atoms with Crippen LogP contribution in [0.25, 0.3) is 0 Å². The molecule has 0 amide bonds. The monoisotopic (exact) mass is 510 g/mol. The average molecular weight is 510 g/mol. The lowest BCUT2D eigenvalue weighted by atomic mass is 10.3. The Kier molecular flexibility index (Phi) is 7.28. The van der Waals surface area contributed by atoms with Gasteiger partial charge in [0.15, 0.2) is 52.4 Å². The Balaban J connectivity index is 2.68. The maximum absolute atomic E-state index is 15.1. The fourth-order valence-corrected chi connectivity index (χ4v) is 7.21. The van der Waals surface area contributed by atoms with Crippen molar-refractivity contribution < 1.29 is 53.7 Å². The minimum atomic E-state index is -4.71. The van der Waals surface area contributed by atoms with Crippen LogP contribution < -0.4 is 27.5 Å². The molecular formula is C21H12AlF9O3. The van der Waals surface area contributed by atoms with E-state index in [9.17, 15) is 26.3 Å². The standard InChI is InChI=1S/3C7H4F3O.Al/c3*1-11-7-3-5(9)4(8)2-6(7)10;/h3*2H,1H3;. The lowest BCUT2D eigenvalue weighted by Crippen LogP contribution is -2.57. The lowest BCUT2D eigenvalue weighted by Gasteiger charge is -2.23. The average Bonchev–Trinajstić information content (AvgIpc) is 2.78. The van der Waals surface area contributed by atoms with Crippen molar-refractivity contribution in [3.63, 3.8) is 0 Å². The summed E-state index contributed by atoms with van der Waals surface area (Å²) in [5.41, 5.74) is 0. The first kappa shape index (κ1) is 25.6. The highest BCUT2D eigenvalue weighted by atomic mass is 27.2. The second-order valence-electron chi connectivity index (χ2n) is 6.74. The fourth-order valence-electron chi connectivity index (χ4n) is 3.62. The van der Waals surface area contributed by atoms with Gasteiger partial charge in [0.1, 0.15) is 17.2 Å². The first-order chi connectivity index (χ1) is 16.0. The van der Waals surface area contributed by atoms with Crippen LogP contribution in [0.2, 0.25) is 0 Å². The Morgan fingerprint density at radius 1 is 0.441 bits per heavy atom. The molecule has 3 aromatic carbocycles. The number of ether oxygens (including phenoxy) is 3. The molecule has 0 aliphatic carbocycles. The Labute approximate surface area is 190 Å². The van der Waals surface area contributed by atoms with Gasteiger partial charge in [-0.05, 0) is 13.3 Å². The molecule has 0 saturated heterocycles. The molecule has 34 heavy (non-hydrogen) atoms. The van der Waals surface area contributed by atoms with Crippen molar-refractivity contribution in [1.82, 2.24) is 0 Å². The first-order valence-electron chi connectivity index (χ1n) is 9.14. The summed E-state index contributed by atoms with van der Waals surface area (Å²) in [6.45, 7) is 0. The second-order valence-corrected chi connectivity index (χ2v) is 9.33. The van der Waals surface area contributed by atoms with Crippen LogP contribution in [0.3, 0.4) is 0 Å². The van der Waals surface area contributed by atoms with Gasteiger partial charge in [0, 0.05) is 18.2 Å². The maximum Gasteiger partial charge on any atom is 0.416 e. The maximum atomic E-state index is 15.1. The zero-order valence-electron chi connectivity index (χ0n) is 17.4. The molecule has 13 heteroatoms. The van der Waals surface area contributed by atoms with Crippen molar-refractivity contribution in [2.75, 3.05) is 21.3 Å². The van der Waals surface area contributed by atoms with Crippen LogP contribution in [-0.4, -0.2) is 35.5 Å². The van der Waals surface area contributed by atoms with E-state index in [0.717, 1.165) is 21.3 Å². The van der Waals surface area contributed by atoms with Gasteiger partial charge in [-0.1, -0.05) is 0 Å². The summed E-state index contributed by atoms with van der Waals surface area (Å²) in [7, 11) is 2.35. The van der Waals surface area contributed by atoms with Crippen LogP contribution in [0, 0.1) is 52.4 Å². The van der Waals surface area contributed by atoms with E-state index >= 15 is 13.2 Å². The minimum Gasteiger partial charge on any atom is -0.495 e. The van der Waals surface area contributed by atoms with Crippen molar-refractivity contribution in [2.45, 2.75) is 0 Å². The SMILES string of the molecule is COc1c(F)cc(F)c(F)[c]1[Al]([c]1c(F)c(F)cc(F)c1OC)[c]1c(F)c(F)cc(F)c1OC. The predicted octanol–water partition coefficient (Wildman–Crippen LogP) is 3.48. The Morgan fingerprint density at radius 2 is 0.676 bits per heavy atom. The van der Waals surface area contributed by atoms with Gasteiger partial charge in [-0.15, -0.1) is 0 Å². The summed E-state index contributed by atoms with van der Waals surface area (Å²) in [5, 5.41) is 0. The minimum absolute atomic E-state index is 0.0443. The molecule has 0 aromatic heterocycles. The molecule has 0 heterocycles. The fraction of sp³-hybridized carbons (Fsp3) is 0.143. The van der Waals surface area contributed by atoms with Crippen molar-refractivity contribution >= 4 is 27.4 Å². The smallest absolute Gasteiger partial charge is 0.416 e. The van der Waals surface area contributed by atoms with Crippen molar-refractivity contribution in [1.29, 1.82) is 0 Å². The molecule has 0 atom stereocenters. The highest BCUT2D eigenvalue weighted by molar-refractivity contribution is 6.97. The quantitative estimate of drug-likeness (QED) is 0.289. The van der Waals surface area contributed by atoms with E-state index in [0.29, 0.717) is 0 Å². The molecule has 0 spiro atoms. The van der Waals surface area contributed by atoms with E-state index in [2.05, 4.69) is 0 Å². The molecule has 0 radical (unpaired) electrons. The van der Waals surface area contributed by atoms with E-state index in [4.69, 9.17) is 14.2 Å². The zero-order chi connectivity index (χ0) is 25.5. The van der Waals surface area contributed by atoms with E-state index < -0.39 is 97.0 Å². The largest absolute Gasteiger partial charge is 0.495 e. The van der Waals surface area contributed by atoms with Crippen molar-refractivity contribution in [3.05, 3.63) is 70.6 Å². The molecule has 3 rings (SSSR count). The van der Waals surface area contributed by atoms with Gasteiger partial charge >= 0.3 is 14.1 Å². The number of hydrogen-bond acceptors (Lipinski definition) is 3. The Morgan fingerprint density at radius 3 is 0.882 bits per heavy atom. The number of rotatable bonds is 6. The third-order valence-corrected chi connectivity index (χ3v) is 8.24. The van der Waals surface area contributed by atoms with Gasteiger partial charge in [0.05, 0.1) is 21.3 Å². The van der Waals surface area contributed by atoms with Crippen LogP contribution >= 0.6 is 0 Å². The molecule has 0 bridgehead atoms. The molecule has 180 valence electrons. The summed E-state index contributed by atoms with van der Waals surface area (Å²) in [6.07, 6.45) is 0. The van der Waals surface area contributed by atoms with E-state index in [1.165, 1.54) is 0 Å². The molecule has 0 N–H and O–H groups in total. The normalized spacial score (nSPS) is 10.9. The lowest BCUT2D eigenvalue weighted by molar-refractivity contribution is 0.377. The molecular weight excluding hydrogens is 498 g/mol. The topological polar surface area (TPSA) is 27.7 Å². The highest BCUT2D eigenvalue weighted by Crippen LogP contribution is 2.27. The van der Waals surface area contributed by atoms with Gasteiger partial charge in [0.2, 0.25) is 0 Å². The van der Waals surface area contributed by atoms with Crippen LogP contribution in [-0.2, 0) is 0 Å². The number of hydrogen-bond donors (Lipinski definition) is 0. The molecule has 0 saturated carbocycles. The molecule has 0 aliphatic rings. The van der Waals surface area contributed by atoms with Crippen LogP contribution in [0.1, 0.15) is 0 Å². The first-order valence-corrected chi connectivity index (χ1v) is 10.9. The third-order valence-electron chi connectivity index (χ3n) is 4.96. The molecule has 0 fully saturated rings. The van der Waals surface area contributed by atoms with Gasteiger partial charge < -0.3 is 14.2 Å².